The number of anilines is 1. The molecule has 0 radical (unpaired) electrons. The van der Waals surface area contributed by atoms with E-state index in [0.29, 0.717) is 19.0 Å². The molecule has 19 heavy (non-hydrogen) atoms. The van der Waals surface area contributed by atoms with Gasteiger partial charge in [0.1, 0.15) is 6.54 Å². The normalized spacial score (nSPS) is 10.7. The smallest absolute Gasteiger partial charge is 0.323 e. The maximum absolute atomic E-state index is 12.3. The predicted octanol–water partition coefficient (Wildman–Crippen LogP) is 1.20. The number of aromatic nitrogens is 2. The zero-order valence-electron chi connectivity index (χ0n) is 11.7. The first-order valence-corrected chi connectivity index (χ1v) is 6.47. The van der Waals surface area contributed by atoms with Crippen molar-refractivity contribution in [2.75, 3.05) is 18.0 Å². The summed E-state index contributed by atoms with van der Waals surface area (Å²) in [7, 11) is 0. The van der Waals surface area contributed by atoms with Gasteiger partial charge in [0, 0.05) is 25.5 Å². The molecule has 1 N–H and O–H groups in total. The van der Waals surface area contributed by atoms with Crippen LogP contribution in [0, 0.1) is 5.92 Å². The van der Waals surface area contributed by atoms with Crippen LogP contribution in [0.2, 0.25) is 0 Å². The molecule has 1 rings (SSSR count). The van der Waals surface area contributed by atoms with Crippen LogP contribution < -0.4 is 10.5 Å². The van der Waals surface area contributed by atoms with Gasteiger partial charge in [-0.25, -0.2) is 4.98 Å². The van der Waals surface area contributed by atoms with Crippen molar-refractivity contribution < 1.29 is 9.90 Å². The fraction of sp³-hybridized carbons (Fsp3) is 0.615. The summed E-state index contributed by atoms with van der Waals surface area (Å²) in [4.78, 5) is 28.7. The Morgan fingerprint density at radius 2 is 2.21 bits per heavy atom. The SMILES string of the molecule is CCCN(CC(=O)O)c1nccn(CC(C)C)c1=O. The molecule has 1 aromatic heterocycles. The third kappa shape index (κ3) is 4.39. The van der Waals surface area contributed by atoms with Crippen molar-refractivity contribution >= 4 is 11.8 Å². The Bertz CT molecular complexity index is 482. The van der Waals surface area contributed by atoms with Crippen LogP contribution >= 0.6 is 0 Å². The van der Waals surface area contributed by atoms with E-state index < -0.39 is 5.97 Å². The van der Waals surface area contributed by atoms with Gasteiger partial charge in [0.15, 0.2) is 5.82 Å². The Kier molecular flexibility index (Phi) is 5.54. The maximum atomic E-state index is 12.3. The van der Waals surface area contributed by atoms with E-state index in [2.05, 4.69) is 4.98 Å². The summed E-state index contributed by atoms with van der Waals surface area (Å²) in [5.41, 5.74) is -0.231. The van der Waals surface area contributed by atoms with Gasteiger partial charge < -0.3 is 14.6 Å². The zero-order valence-corrected chi connectivity index (χ0v) is 11.7. The van der Waals surface area contributed by atoms with Crippen LogP contribution in [0.3, 0.4) is 0 Å². The first kappa shape index (κ1) is 15.2. The predicted molar refractivity (Wildman–Crippen MR) is 73.5 cm³/mol. The van der Waals surface area contributed by atoms with E-state index in [1.54, 1.807) is 17.0 Å². The number of hydrogen-bond donors (Lipinski definition) is 1. The third-order valence-electron chi connectivity index (χ3n) is 2.58. The van der Waals surface area contributed by atoms with Crippen molar-refractivity contribution in [2.24, 2.45) is 5.92 Å². The van der Waals surface area contributed by atoms with E-state index in [0.717, 1.165) is 6.42 Å². The minimum Gasteiger partial charge on any atom is -0.480 e. The zero-order chi connectivity index (χ0) is 14.4. The lowest BCUT2D eigenvalue weighted by Gasteiger charge is -2.21. The van der Waals surface area contributed by atoms with E-state index >= 15 is 0 Å². The number of rotatable bonds is 7. The van der Waals surface area contributed by atoms with Crippen LogP contribution in [0.1, 0.15) is 27.2 Å². The Labute approximate surface area is 112 Å². The van der Waals surface area contributed by atoms with Crippen LogP contribution in [0.25, 0.3) is 0 Å². The van der Waals surface area contributed by atoms with Crippen molar-refractivity contribution in [3.05, 3.63) is 22.7 Å². The topological polar surface area (TPSA) is 75.4 Å². The molecule has 0 amide bonds. The standard InChI is InChI=1S/C13H21N3O3/c1-4-6-15(9-11(17)18)12-13(19)16(7-5-14-12)8-10(2)3/h5,7,10H,4,6,8-9H2,1-3H3,(H,17,18). The van der Waals surface area contributed by atoms with Gasteiger partial charge in [-0.1, -0.05) is 20.8 Å². The second-order valence-electron chi connectivity index (χ2n) is 4.92. The van der Waals surface area contributed by atoms with Crippen molar-refractivity contribution in [1.29, 1.82) is 0 Å². The van der Waals surface area contributed by atoms with Crippen molar-refractivity contribution in [3.63, 3.8) is 0 Å². The first-order valence-electron chi connectivity index (χ1n) is 6.47. The molecule has 0 aliphatic carbocycles. The minimum absolute atomic E-state index is 0.207. The van der Waals surface area contributed by atoms with Gasteiger partial charge in [-0.15, -0.1) is 0 Å². The molecule has 1 aromatic rings. The lowest BCUT2D eigenvalue weighted by molar-refractivity contribution is -0.135. The minimum atomic E-state index is -0.964. The van der Waals surface area contributed by atoms with Gasteiger partial charge >= 0.3 is 5.97 Å². The van der Waals surface area contributed by atoms with Gasteiger partial charge in [-0.2, -0.15) is 0 Å². The van der Waals surface area contributed by atoms with E-state index in [-0.39, 0.29) is 17.9 Å². The summed E-state index contributed by atoms with van der Waals surface area (Å²) in [6, 6.07) is 0. The number of carboxylic acid groups (broad SMARTS) is 1. The maximum Gasteiger partial charge on any atom is 0.323 e. The summed E-state index contributed by atoms with van der Waals surface area (Å²) >= 11 is 0. The molecular weight excluding hydrogens is 246 g/mol. The second-order valence-corrected chi connectivity index (χ2v) is 4.92. The highest BCUT2D eigenvalue weighted by molar-refractivity contribution is 5.73. The van der Waals surface area contributed by atoms with Gasteiger partial charge in [0.25, 0.3) is 5.56 Å². The Morgan fingerprint density at radius 3 is 2.74 bits per heavy atom. The molecule has 0 saturated carbocycles. The van der Waals surface area contributed by atoms with E-state index in [4.69, 9.17) is 5.11 Å². The first-order chi connectivity index (χ1) is 8.95. The average molecular weight is 267 g/mol. The molecule has 106 valence electrons. The average Bonchev–Trinajstić information content (AvgIpc) is 2.30. The highest BCUT2D eigenvalue weighted by Crippen LogP contribution is 2.05. The molecule has 0 aliphatic rings. The lowest BCUT2D eigenvalue weighted by atomic mass is 10.2. The number of carboxylic acids is 1. The summed E-state index contributed by atoms with van der Waals surface area (Å²) in [6.07, 6.45) is 3.94. The number of nitrogens with zero attached hydrogens (tertiary/aromatic N) is 3. The monoisotopic (exact) mass is 267 g/mol. The molecule has 0 spiro atoms. The summed E-state index contributed by atoms with van der Waals surface area (Å²) in [6.45, 7) is 6.87. The van der Waals surface area contributed by atoms with Crippen molar-refractivity contribution in [1.82, 2.24) is 9.55 Å². The van der Waals surface area contributed by atoms with E-state index in [9.17, 15) is 9.59 Å². The van der Waals surface area contributed by atoms with Crippen LogP contribution in [-0.2, 0) is 11.3 Å². The molecule has 1 heterocycles. The molecule has 6 nitrogen and oxygen atoms in total. The van der Waals surface area contributed by atoms with Gasteiger partial charge in [0.2, 0.25) is 0 Å². The lowest BCUT2D eigenvalue weighted by Crippen LogP contribution is -2.37. The highest BCUT2D eigenvalue weighted by atomic mass is 16.4. The fourth-order valence-corrected chi connectivity index (χ4v) is 1.88. The molecule has 0 unspecified atom stereocenters. The van der Waals surface area contributed by atoms with Crippen LogP contribution in [0.15, 0.2) is 17.2 Å². The Morgan fingerprint density at radius 1 is 1.53 bits per heavy atom. The van der Waals surface area contributed by atoms with Gasteiger partial charge in [-0.05, 0) is 12.3 Å². The third-order valence-corrected chi connectivity index (χ3v) is 2.58. The van der Waals surface area contributed by atoms with Crippen molar-refractivity contribution in [2.45, 2.75) is 33.7 Å². The van der Waals surface area contributed by atoms with Crippen LogP contribution in [-0.4, -0.2) is 33.7 Å². The molecule has 0 saturated heterocycles. The molecule has 0 bridgehead atoms. The number of hydrogen-bond acceptors (Lipinski definition) is 4. The van der Waals surface area contributed by atoms with E-state index in [1.807, 2.05) is 20.8 Å². The van der Waals surface area contributed by atoms with Crippen LogP contribution in [0.5, 0.6) is 0 Å². The Balaban J connectivity index is 3.09. The van der Waals surface area contributed by atoms with Crippen LogP contribution in [0.4, 0.5) is 5.82 Å². The molecule has 6 heteroatoms. The molecular formula is C13H21N3O3. The number of aliphatic carboxylic acids is 1. The quantitative estimate of drug-likeness (QED) is 0.803. The van der Waals surface area contributed by atoms with Gasteiger partial charge in [0.05, 0.1) is 0 Å². The largest absolute Gasteiger partial charge is 0.480 e. The molecule has 0 aromatic carbocycles. The summed E-state index contributed by atoms with van der Waals surface area (Å²) < 4.78 is 1.58. The summed E-state index contributed by atoms with van der Waals surface area (Å²) in [5, 5.41) is 8.90. The highest BCUT2D eigenvalue weighted by Gasteiger charge is 2.16. The molecule has 0 aliphatic heterocycles. The molecule has 0 fully saturated rings. The van der Waals surface area contributed by atoms with E-state index in [1.165, 1.54) is 4.90 Å². The Hall–Kier alpha value is -1.85. The van der Waals surface area contributed by atoms with Gasteiger partial charge in [-0.3, -0.25) is 9.59 Å². The second kappa shape index (κ2) is 6.92. The molecule has 0 atom stereocenters. The van der Waals surface area contributed by atoms with Crippen molar-refractivity contribution in [3.8, 4) is 0 Å². The fourth-order valence-electron chi connectivity index (χ4n) is 1.88. The number of carbonyl (C=O) groups is 1. The summed E-state index contributed by atoms with van der Waals surface area (Å²) in [5.74, 6) is -0.409.